The molecule has 156 valence electrons. The van der Waals surface area contributed by atoms with E-state index in [1.807, 2.05) is 6.07 Å². The Labute approximate surface area is 177 Å². The number of carbonyl (C=O) groups is 1. The van der Waals surface area contributed by atoms with Crippen molar-refractivity contribution in [3.63, 3.8) is 0 Å². The summed E-state index contributed by atoms with van der Waals surface area (Å²) in [6.45, 7) is 0. The number of ether oxygens (including phenoxy) is 2. The molecule has 0 spiro atoms. The Bertz CT molecular complexity index is 1190. The molecule has 0 fully saturated rings. The largest absolute Gasteiger partial charge is 0.497 e. The van der Waals surface area contributed by atoms with Gasteiger partial charge in [-0.05, 0) is 42.5 Å². The number of methoxy groups -OCH3 is 2. The van der Waals surface area contributed by atoms with Crippen LogP contribution in [0.15, 0.2) is 64.6 Å². The second-order valence-electron chi connectivity index (χ2n) is 6.20. The van der Waals surface area contributed by atoms with Crippen LogP contribution in [0.2, 0.25) is 0 Å². The SMILES string of the molecule is COc1ccc(NC(=O)/C(C#N)=C\c2ccc(-c3cc([N+](=O)[O-])ccc3OC)o2)cc1. The van der Waals surface area contributed by atoms with Crippen LogP contribution in [0.3, 0.4) is 0 Å². The van der Waals surface area contributed by atoms with Gasteiger partial charge in [-0.15, -0.1) is 0 Å². The van der Waals surface area contributed by atoms with Crippen molar-refractivity contribution in [2.45, 2.75) is 0 Å². The molecule has 3 aromatic rings. The predicted octanol–water partition coefficient (Wildman–Crippen LogP) is 4.42. The summed E-state index contributed by atoms with van der Waals surface area (Å²) >= 11 is 0. The second-order valence-corrected chi connectivity index (χ2v) is 6.20. The number of nitrogens with one attached hydrogen (secondary N) is 1. The summed E-state index contributed by atoms with van der Waals surface area (Å²) in [7, 11) is 2.97. The first-order valence-corrected chi connectivity index (χ1v) is 8.95. The minimum Gasteiger partial charge on any atom is -0.497 e. The molecule has 1 N–H and O–H groups in total. The van der Waals surface area contributed by atoms with E-state index < -0.39 is 10.8 Å². The maximum absolute atomic E-state index is 12.4. The zero-order valence-electron chi connectivity index (χ0n) is 16.6. The lowest BCUT2D eigenvalue weighted by Crippen LogP contribution is -2.13. The number of benzene rings is 2. The van der Waals surface area contributed by atoms with Gasteiger partial charge in [0.05, 0.1) is 24.7 Å². The highest BCUT2D eigenvalue weighted by molar-refractivity contribution is 6.09. The number of nitriles is 1. The molecule has 1 amide bonds. The Hall–Kier alpha value is -4.58. The van der Waals surface area contributed by atoms with Gasteiger partial charge >= 0.3 is 0 Å². The van der Waals surface area contributed by atoms with Crippen molar-refractivity contribution >= 4 is 23.4 Å². The van der Waals surface area contributed by atoms with Crippen molar-refractivity contribution in [2.75, 3.05) is 19.5 Å². The lowest BCUT2D eigenvalue weighted by Gasteiger charge is -2.06. The van der Waals surface area contributed by atoms with Gasteiger partial charge in [0, 0.05) is 23.9 Å². The van der Waals surface area contributed by atoms with Crippen LogP contribution in [-0.4, -0.2) is 25.1 Å². The standard InChI is InChI=1S/C22H17N3O6/c1-29-17-6-3-15(4-7-17)24-22(26)14(13-23)11-18-8-10-21(31-18)19-12-16(25(27)28)5-9-20(19)30-2/h3-12H,1-2H3,(H,24,26)/b14-11-. The quantitative estimate of drug-likeness (QED) is 0.260. The van der Waals surface area contributed by atoms with E-state index in [9.17, 15) is 20.2 Å². The van der Waals surface area contributed by atoms with Crippen molar-refractivity contribution in [1.82, 2.24) is 0 Å². The van der Waals surface area contributed by atoms with Crippen molar-refractivity contribution in [3.05, 3.63) is 76.0 Å². The number of anilines is 1. The fraction of sp³-hybridized carbons (Fsp3) is 0.0909. The number of carbonyl (C=O) groups excluding carboxylic acids is 1. The molecule has 9 nitrogen and oxygen atoms in total. The molecule has 0 unspecified atom stereocenters. The molecule has 3 rings (SSSR count). The fourth-order valence-corrected chi connectivity index (χ4v) is 2.74. The number of hydrogen-bond donors (Lipinski definition) is 1. The van der Waals surface area contributed by atoms with Crippen LogP contribution in [-0.2, 0) is 4.79 Å². The number of furan rings is 1. The van der Waals surface area contributed by atoms with E-state index in [0.717, 1.165) is 0 Å². The topological polar surface area (TPSA) is 128 Å². The number of non-ortho nitro benzene ring substituents is 1. The van der Waals surface area contributed by atoms with E-state index in [0.29, 0.717) is 28.5 Å². The van der Waals surface area contributed by atoms with E-state index in [1.54, 1.807) is 36.4 Å². The number of hydrogen-bond acceptors (Lipinski definition) is 7. The molecule has 0 saturated carbocycles. The average Bonchev–Trinajstić information content (AvgIpc) is 3.25. The van der Waals surface area contributed by atoms with Gasteiger partial charge in [-0.25, -0.2) is 0 Å². The maximum Gasteiger partial charge on any atom is 0.270 e. The van der Waals surface area contributed by atoms with Gasteiger partial charge in [-0.1, -0.05) is 0 Å². The predicted molar refractivity (Wildman–Crippen MR) is 113 cm³/mol. The Kier molecular flexibility index (Phi) is 6.33. The molecule has 1 heterocycles. The molecule has 0 radical (unpaired) electrons. The average molecular weight is 419 g/mol. The van der Waals surface area contributed by atoms with Gasteiger partial charge in [0.25, 0.3) is 11.6 Å². The van der Waals surface area contributed by atoms with Crippen molar-refractivity contribution in [3.8, 4) is 28.9 Å². The summed E-state index contributed by atoms with van der Waals surface area (Å²) in [6, 6.07) is 15.7. The normalized spacial score (nSPS) is 10.8. The third-order valence-corrected chi connectivity index (χ3v) is 4.29. The molecule has 0 bridgehead atoms. The highest BCUT2D eigenvalue weighted by atomic mass is 16.6. The Morgan fingerprint density at radius 1 is 1.13 bits per heavy atom. The van der Waals surface area contributed by atoms with Gasteiger partial charge in [0.1, 0.15) is 34.7 Å². The fourth-order valence-electron chi connectivity index (χ4n) is 2.74. The number of rotatable bonds is 7. The van der Waals surface area contributed by atoms with E-state index in [1.165, 1.54) is 38.5 Å². The first-order valence-electron chi connectivity index (χ1n) is 8.95. The summed E-state index contributed by atoms with van der Waals surface area (Å²) in [6.07, 6.45) is 1.28. The zero-order chi connectivity index (χ0) is 22.4. The minimum atomic E-state index is -0.612. The van der Waals surface area contributed by atoms with Crippen LogP contribution in [0.1, 0.15) is 5.76 Å². The summed E-state index contributed by atoms with van der Waals surface area (Å²) in [5, 5.41) is 23.1. The monoisotopic (exact) mass is 419 g/mol. The molecule has 0 aliphatic heterocycles. The number of nitrogens with zero attached hydrogens (tertiary/aromatic N) is 2. The Morgan fingerprint density at radius 3 is 2.48 bits per heavy atom. The molecule has 0 aliphatic rings. The van der Waals surface area contributed by atoms with Crippen molar-refractivity contribution < 1.29 is 23.6 Å². The molecule has 9 heteroatoms. The molecule has 0 atom stereocenters. The zero-order valence-corrected chi connectivity index (χ0v) is 16.6. The van der Waals surface area contributed by atoms with Gasteiger partial charge in [-0.2, -0.15) is 5.26 Å². The van der Waals surface area contributed by atoms with E-state index in [-0.39, 0.29) is 17.0 Å². The smallest absolute Gasteiger partial charge is 0.270 e. The molecule has 31 heavy (non-hydrogen) atoms. The second kappa shape index (κ2) is 9.28. The van der Waals surface area contributed by atoms with E-state index in [2.05, 4.69) is 5.32 Å². The molecular weight excluding hydrogens is 402 g/mol. The third-order valence-electron chi connectivity index (χ3n) is 4.29. The number of amides is 1. The van der Waals surface area contributed by atoms with Crippen LogP contribution in [0.4, 0.5) is 11.4 Å². The summed E-state index contributed by atoms with van der Waals surface area (Å²) in [4.78, 5) is 23.0. The van der Waals surface area contributed by atoms with Crippen LogP contribution < -0.4 is 14.8 Å². The van der Waals surface area contributed by atoms with Crippen LogP contribution in [0, 0.1) is 21.4 Å². The lowest BCUT2D eigenvalue weighted by atomic mass is 10.1. The first-order chi connectivity index (χ1) is 14.9. The summed E-state index contributed by atoms with van der Waals surface area (Å²) < 4.78 is 16.0. The van der Waals surface area contributed by atoms with Gasteiger partial charge in [-0.3, -0.25) is 14.9 Å². The number of nitro benzene ring substituents is 1. The molecule has 0 saturated heterocycles. The molecule has 0 aliphatic carbocycles. The molecule has 1 aromatic heterocycles. The van der Waals surface area contributed by atoms with Crippen molar-refractivity contribution in [1.29, 1.82) is 5.26 Å². The van der Waals surface area contributed by atoms with Gasteiger partial charge < -0.3 is 19.2 Å². The Morgan fingerprint density at radius 2 is 1.87 bits per heavy atom. The van der Waals surface area contributed by atoms with Crippen LogP contribution in [0.25, 0.3) is 17.4 Å². The lowest BCUT2D eigenvalue weighted by molar-refractivity contribution is -0.384. The summed E-state index contributed by atoms with van der Waals surface area (Å²) in [5.41, 5.74) is 0.564. The highest BCUT2D eigenvalue weighted by Crippen LogP contribution is 2.34. The maximum atomic E-state index is 12.4. The summed E-state index contributed by atoms with van der Waals surface area (Å²) in [5.74, 6) is 0.921. The van der Waals surface area contributed by atoms with E-state index in [4.69, 9.17) is 13.9 Å². The van der Waals surface area contributed by atoms with Crippen LogP contribution >= 0.6 is 0 Å². The number of nitro groups is 1. The van der Waals surface area contributed by atoms with Gasteiger partial charge in [0.15, 0.2) is 0 Å². The highest BCUT2D eigenvalue weighted by Gasteiger charge is 2.17. The van der Waals surface area contributed by atoms with Crippen molar-refractivity contribution in [2.24, 2.45) is 0 Å². The Balaban J connectivity index is 1.85. The molecule has 2 aromatic carbocycles. The first kappa shape index (κ1) is 21.1. The minimum absolute atomic E-state index is 0.124. The van der Waals surface area contributed by atoms with Gasteiger partial charge in [0.2, 0.25) is 0 Å². The van der Waals surface area contributed by atoms with Crippen LogP contribution in [0.5, 0.6) is 11.5 Å². The molecular formula is C22H17N3O6. The van der Waals surface area contributed by atoms with E-state index >= 15 is 0 Å². The third kappa shape index (κ3) is 4.89.